The van der Waals surface area contributed by atoms with Gasteiger partial charge in [-0.15, -0.1) is 0 Å². The monoisotopic (exact) mass is 161 g/mol. The Kier molecular flexibility index (Phi) is 5.61. The lowest BCUT2D eigenvalue weighted by Crippen LogP contribution is -2.22. The van der Waals surface area contributed by atoms with Crippen LogP contribution in [-0.4, -0.2) is 25.0 Å². The summed E-state index contributed by atoms with van der Waals surface area (Å²) in [7, 11) is 0.0515. The van der Waals surface area contributed by atoms with E-state index in [1.807, 2.05) is 6.92 Å². The van der Waals surface area contributed by atoms with Gasteiger partial charge in [0.2, 0.25) is 5.91 Å². The normalized spacial score (nSPS) is 12.7. The summed E-state index contributed by atoms with van der Waals surface area (Å²) in [6.45, 7) is 6.23. The molecule has 3 heteroatoms. The Morgan fingerprint density at radius 1 is 1.50 bits per heavy atom. The molecule has 0 rings (SSSR count). The fourth-order valence-corrected chi connectivity index (χ4v) is 1.13. The second-order valence-corrected chi connectivity index (χ2v) is 4.94. The van der Waals surface area contributed by atoms with Crippen molar-refractivity contribution in [2.24, 2.45) is 0 Å². The van der Waals surface area contributed by atoms with E-state index < -0.39 is 0 Å². The molecule has 0 aromatic carbocycles. The van der Waals surface area contributed by atoms with Gasteiger partial charge in [0.25, 0.3) is 0 Å². The summed E-state index contributed by atoms with van der Waals surface area (Å²) < 4.78 is 0. The Hall–Kier alpha value is -0.100. The van der Waals surface area contributed by atoms with Crippen LogP contribution in [0.3, 0.4) is 0 Å². The molecule has 0 spiro atoms. The van der Waals surface area contributed by atoms with Crippen LogP contribution in [-0.2, 0) is 4.79 Å². The Labute approximate surface area is 64.1 Å². The van der Waals surface area contributed by atoms with Crippen molar-refractivity contribution in [1.29, 1.82) is 0 Å². The van der Waals surface area contributed by atoms with Crippen LogP contribution in [0.1, 0.15) is 20.3 Å². The lowest BCUT2D eigenvalue weighted by atomic mass is 10.5. The second-order valence-electron chi connectivity index (χ2n) is 2.28. The van der Waals surface area contributed by atoms with Crippen molar-refractivity contribution in [3.8, 4) is 0 Å². The first kappa shape index (κ1) is 9.90. The van der Waals surface area contributed by atoms with Crippen molar-refractivity contribution in [2.45, 2.75) is 20.3 Å². The molecule has 0 heterocycles. The number of rotatable bonds is 4. The molecule has 0 saturated heterocycles. The Morgan fingerprint density at radius 3 is 2.50 bits per heavy atom. The van der Waals surface area contributed by atoms with E-state index in [9.17, 15) is 4.79 Å². The van der Waals surface area contributed by atoms with Gasteiger partial charge in [-0.1, -0.05) is 21.8 Å². The first-order valence-corrected chi connectivity index (χ1v) is 5.81. The molecule has 1 N–H and O–H groups in total. The van der Waals surface area contributed by atoms with Crippen LogP contribution >= 0.6 is 7.92 Å². The van der Waals surface area contributed by atoms with E-state index in [1.54, 1.807) is 0 Å². The molecule has 0 fully saturated rings. The maximum Gasteiger partial charge on any atom is 0.219 e. The number of hydrogen-bond acceptors (Lipinski definition) is 1. The number of hydrogen-bond donors (Lipinski definition) is 1. The zero-order valence-electron chi connectivity index (χ0n) is 6.98. The number of carbonyl (C=O) groups excluding carboxylic acids is 1. The largest absolute Gasteiger partial charge is 0.352 e. The molecule has 1 atom stereocenters. The highest BCUT2D eigenvalue weighted by Gasteiger charge is 1.99. The van der Waals surface area contributed by atoms with Gasteiger partial charge in [-0.3, -0.25) is 4.79 Å². The third-order valence-corrected chi connectivity index (χ3v) is 3.18. The van der Waals surface area contributed by atoms with Gasteiger partial charge < -0.3 is 5.32 Å². The van der Waals surface area contributed by atoms with E-state index in [0.29, 0.717) is 6.42 Å². The molecular formula is C7H16NOP. The van der Waals surface area contributed by atoms with Crippen LogP contribution in [0.5, 0.6) is 0 Å². The van der Waals surface area contributed by atoms with Gasteiger partial charge in [-0.05, 0) is 12.8 Å². The highest BCUT2D eigenvalue weighted by molar-refractivity contribution is 7.56. The molecule has 0 bridgehead atoms. The summed E-state index contributed by atoms with van der Waals surface area (Å²) in [6.07, 6.45) is 2.69. The minimum atomic E-state index is 0.0515. The maximum absolute atomic E-state index is 10.7. The van der Waals surface area contributed by atoms with Crippen molar-refractivity contribution >= 4 is 13.8 Å². The molecule has 2 nitrogen and oxygen atoms in total. The summed E-state index contributed by atoms with van der Waals surface area (Å²) >= 11 is 0. The van der Waals surface area contributed by atoms with Crippen molar-refractivity contribution in [2.75, 3.05) is 19.1 Å². The van der Waals surface area contributed by atoms with Gasteiger partial charge in [0.05, 0.1) is 0 Å². The maximum atomic E-state index is 10.7. The van der Waals surface area contributed by atoms with E-state index in [2.05, 4.69) is 18.9 Å². The van der Waals surface area contributed by atoms with Crippen LogP contribution in [0, 0.1) is 0 Å². The Morgan fingerprint density at radius 2 is 2.10 bits per heavy atom. The molecule has 1 amide bonds. The molecule has 0 aliphatic rings. The Bertz CT molecular complexity index is 106. The van der Waals surface area contributed by atoms with Crippen LogP contribution < -0.4 is 5.32 Å². The van der Waals surface area contributed by atoms with Crippen molar-refractivity contribution < 1.29 is 4.79 Å². The van der Waals surface area contributed by atoms with Gasteiger partial charge >= 0.3 is 0 Å². The first-order chi connectivity index (χ1) is 4.70. The lowest BCUT2D eigenvalue weighted by Gasteiger charge is -2.09. The molecule has 0 saturated carbocycles. The zero-order chi connectivity index (χ0) is 7.98. The smallest absolute Gasteiger partial charge is 0.219 e. The first-order valence-electron chi connectivity index (χ1n) is 3.66. The van der Waals surface area contributed by atoms with Crippen molar-refractivity contribution in [3.05, 3.63) is 0 Å². The SMILES string of the molecule is CCC(=O)NCP(C)CC. The molecule has 10 heavy (non-hydrogen) atoms. The average molecular weight is 161 g/mol. The third-order valence-electron chi connectivity index (χ3n) is 1.41. The molecule has 0 aromatic heterocycles. The van der Waals surface area contributed by atoms with Crippen LogP contribution in [0.4, 0.5) is 0 Å². The molecule has 0 aromatic rings. The van der Waals surface area contributed by atoms with Crippen molar-refractivity contribution in [3.63, 3.8) is 0 Å². The number of nitrogens with one attached hydrogen (secondary N) is 1. The molecule has 0 aliphatic heterocycles. The standard InChI is InChI=1S/C7H16NOP/c1-4-7(9)8-6-10(3)5-2/h4-6H2,1-3H3,(H,8,9). The molecule has 0 radical (unpaired) electrons. The number of amides is 1. The molecule has 60 valence electrons. The highest BCUT2D eigenvalue weighted by Crippen LogP contribution is 2.26. The minimum absolute atomic E-state index is 0.0515. The van der Waals surface area contributed by atoms with E-state index in [0.717, 1.165) is 6.29 Å². The van der Waals surface area contributed by atoms with Gasteiger partial charge in [-0.2, -0.15) is 0 Å². The van der Waals surface area contributed by atoms with Crippen LogP contribution in [0.2, 0.25) is 0 Å². The van der Waals surface area contributed by atoms with E-state index in [-0.39, 0.29) is 13.8 Å². The average Bonchev–Trinajstić information content (AvgIpc) is 1.99. The lowest BCUT2D eigenvalue weighted by molar-refractivity contribution is -0.120. The van der Waals surface area contributed by atoms with Crippen LogP contribution in [0.15, 0.2) is 0 Å². The van der Waals surface area contributed by atoms with Crippen LogP contribution in [0.25, 0.3) is 0 Å². The summed E-state index contributed by atoms with van der Waals surface area (Å²) in [5.74, 6) is 0.169. The Balaban J connectivity index is 3.26. The topological polar surface area (TPSA) is 29.1 Å². The predicted molar refractivity (Wildman–Crippen MR) is 46.7 cm³/mol. The third kappa shape index (κ3) is 4.75. The quantitative estimate of drug-likeness (QED) is 0.623. The van der Waals surface area contributed by atoms with Crippen molar-refractivity contribution in [1.82, 2.24) is 5.32 Å². The van der Waals surface area contributed by atoms with Gasteiger partial charge in [0, 0.05) is 12.7 Å². The zero-order valence-corrected chi connectivity index (χ0v) is 7.87. The highest BCUT2D eigenvalue weighted by atomic mass is 31.1. The van der Waals surface area contributed by atoms with Gasteiger partial charge in [0.15, 0.2) is 0 Å². The fraction of sp³-hybridized carbons (Fsp3) is 0.857. The summed E-state index contributed by atoms with van der Waals surface area (Å²) in [4.78, 5) is 10.7. The van der Waals surface area contributed by atoms with E-state index in [4.69, 9.17) is 0 Å². The number of carbonyl (C=O) groups is 1. The second kappa shape index (κ2) is 5.67. The van der Waals surface area contributed by atoms with E-state index >= 15 is 0 Å². The van der Waals surface area contributed by atoms with E-state index in [1.165, 1.54) is 6.16 Å². The summed E-state index contributed by atoms with van der Waals surface area (Å²) in [6, 6.07) is 0. The minimum Gasteiger partial charge on any atom is -0.352 e. The summed E-state index contributed by atoms with van der Waals surface area (Å²) in [5.41, 5.74) is 0. The molecule has 0 aliphatic carbocycles. The van der Waals surface area contributed by atoms with Gasteiger partial charge in [0.1, 0.15) is 0 Å². The summed E-state index contributed by atoms with van der Waals surface area (Å²) in [5, 5.41) is 2.87. The predicted octanol–water partition coefficient (Wildman–Crippen LogP) is 1.60. The fourth-order valence-electron chi connectivity index (χ4n) is 0.460. The molecular weight excluding hydrogens is 145 g/mol. The molecule has 1 unspecified atom stereocenters. The van der Waals surface area contributed by atoms with Gasteiger partial charge in [-0.25, -0.2) is 0 Å².